The highest BCUT2D eigenvalue weighted by atomic mass is 15.2. The molecule has 0 aliphatic heterocycles. The molecule has 0 radical (unpaired) electrons. The van der Waals surface area contributed by atoms with Crippen LogP contribution in [0.2, 0.25) is 0 Å². The van der Waals surface area contributed by atoms with Gasteiger partial charge in [-0.3, -0.25) is 0 Å². The van der Waals surface area contributed by atoms with Crippen LogP contribution < -0.4 is 5.32 Å². The van der Waals surface area contributed by atoms with Gasteiger partial charge in [-0.05, 0) is 58.2 Å². The summed E-state index contributed by atoms with van der Waals surface area (Å²) in [4.78, 5) is 2.59. The zero-order valence-corrected chi connectivity index (χ0v) is 12.3. The Morgan fingerprint density at radius 3 is 2.47 bits per heavy atom. The van der Waals surface area contributed by atoms with E-state index in [4.69, 9.17) is 0 Å². The van der Waals surface area contributed by atoms with E-state index in [0.29, 0.717) is 0 Å². The van der Waals surface area contributed by atoms with Crippen LogP contribution in [0.15, 0.2) is 0 Å². The lowest BCUT2D eigenvalue weighted by Crippen LogP contribution is -2.52. The van der Waals surface area contributed by atoms with E-state index < -0.39 is 0 Å². The molecule has 0 aromatic rings. The van der Waals surface area contributed by atoms with Crippen LogP contribution in [0.3, 0.4) is 0 Å². The van der Waals surface area contributed by atoms with Gasteiger partial charge in [-0.2, -0.15) is 0 Å². The van der Waals surface area contributed by atoms with Crippen LogP contribution in [0.25, 0.3) is 0 Å². The minimum absolute atomic E-state index is 0.731. The van der Waals surface area contributed by atoms with Gasteiger partial charge in [-0.1, -0.05) is 27.2 Å². The van der Waals surface area contributed by atoms with Crippen molar-refractivity contribution in [2.75, 3.05) is 20.1 Å². The third kappa shape index (κ3) is 4.59. The summed E-state index contributed by atoms with van der Waals surface area (Å²) in [6.45, 7) is 9.31. The molecule has 2 heteroatoms. The average Bonchev–Trinajstić information content (AvgIpc) is 2.36. The van der Waals surface area contributed by atoms with E-state index >= 15 is 0 Å². The number of likely N-dealkylation sites (N-methyl/N-ethyl adjacent to an activating group) is 1. The summed E-state index contributed by atoms with van der Waals surface area (Å²) >= 11 is 0. The van der Waals surface area contributed by atoms with E-state index in [-0.39, 0.29) is 0 Å². The number of nitrogens with one attached hydrogen (secondary N) is 1. The van der Waals surface area contributed by atoms with E-state index in [9.17, 15) is 0 Å². The van der Waals surface area contributed by atoms with Crippen LogP contribution in [0.4, 0.5) is 0 Å². The second-order valence-corrected chi connectivity index (χ2v) is 5.70. The van der Waals surface area contributed by atoms with Crippen LogP contribution in [-0.2, 0) is 0 Å². The van der Waals surface area contributed by atoms with Crippen LogP contribution in [0.1, 0.15) is 59.3 Å². The minimum atomic E-state index is 0.731. The Bertz CT molecular complexity index is 193. The van der Waals surface area contributed by atoms with Gasteiger partial charge in [0.1, 0.15) is 0 Å². The molecule has 1 saturated carbocycles. The molecule has 3 unspecified atom stereocenters. The Hall–Kier alpha value is -0.0800. The van der Waals surface area contributed by atoms with Crippen molar-refractivity contribution in [3.8, 4) is 0 Å². The molecule has 1 rings (SSSR count). The molecule has 1 N–H and O–H groups in total. The van der Waals surface area contributed by atoms with Crippen molar-refractivity contribution in [1.29, 1.82) is 0 Å². The Kier molecular flexibility index (Phi) is 7.14. The lowest BCUT2D eigenvalue weighted by atomic mass is 9.80. The Morgan fingerprint density at radius 2 is 1.88 bits per heavy atom. The zero-order valence-electron chi connectivity index (χ0n) is 12.3. The fraction of sp³-hybridized carbons (Fsp3) is 1.00. The smallest absolute Gasteiger partial charge is 0.0248 e. The number of rotatable bonds is 7. The standard InChI is InChI=1S/C15H32N2/c1-5-10-16-14-9-8-13(7-3)12-15(14)17(4)11-6-2/h13-16H,5-12H2,1-4H3. The maximum atomic E-state index is 3.76. The van der Waals surface area contributed by atoms with Crippen LogP contribution >= 0.6 is 0 Å². The monoisotopic (exact) mass is 240 g/mol. The van der Waals surface area contributed by atoms with Crippen molar-refractivity contribution < 1.29 is 0 Å². The summed E-state index contributed by atoms with van der Waals surface area (Å²) in [5.41, 5.74) is 0. The Balaban J connectivity index is 2.54. The quantitative estimate of drug-likeness (QED) is 0.735. The Labute approximate surface area is 108 Å². The van der Waals surface area contributed by atoms with Gasteiger partial charge in [-0.25, -0.2) is 0 Å². The van der Waals surface area contributed by atoms with Gasteiger partial charge < -0.3 is 10.2 Å². The fourth-order valence-corrected chi connectivity index (χ4v) is 3.18. The molecule has 1 fully saturated rings. The van der Waals surface area contributed by atoms with Crippen molar-refractivity contribution >= 4 is 0 Å². The van der Waals surface area contributed by atoms with E-state index in [1.807, 2.05) is 0 Å². The molecule has 0 aromatic heterocycles. The molecular weight excluding hydrogens is 208 g/mol. The lowest BCUT2D eigenvalue weighted by Gasteiger charge is -2.41. The third-order valence-corrected chi connectivity index (χ3v) is 4.30. The van der Waals surface area contributed by atoms with Crippen LogP contribution in [0, 0.1) is 5.92 Å². The lowest BCUT2D eigenvalue weighted by molar-refractivity contribution is 0.118. The van der Waals surface area contributed by atoms with Crippen molar-refractivity contribution in [2.45, 2.75) is 71.4 Å². The first kappa shape index (κ1) is 15.0. The van der Waals surface area contributed by atoms with Gasteiger partial charge in [0.15, 0.2) is 0 Å². The van der Waals surface area contributed by atoms with E-state index in [2.05, 4.69) is 38.0 Å². The fourth-order valence-electron chi connectivity index (χ4n) is 3.18. The molecule has 0 heterocycles. The second-order valence-electron chi connectivity index (χ2n) is 5.70. The summed E-state index contributed by atoms with van der Waals surface area (Å²) in [6, 6.07) is 1.49. The molecule has 102 valence electrons. The predicted octanol–water partition coefficient (Wildman–Crippen LogP) is 3.28. The summed E-state index contributed by atoms with van der Waals surface area (Å²) in [6.07, 6.45) is 8.07. The normalized spacial score (nSPS) is 29.8. The molecule has 2 nitrogen and oxygen atoms in total. The molecule has 17 heavy (non-hydrogen) atoms. The van der Waals surface area contributed by atoms with Crippen molar-refractivity contribution in [2.24, 2.45) is 5.92 Å². The largest absolute Gasteiger partial charge is 0.312 e. The molecule has 0 saturated heterocycles. The van der Waals surface area contributed by atoms with Gasteiger partial charge in [-0.15, -0.1) is 0 Å². The molecule has 0 spiro atoms. The van der Waals surface area contributed by atoms with E-state index in [0.717, 1.165) is 18.0 Å². The SMILES string of the molecule is CCCNC1CCC(CC)CC1N(C)CCC. The van der Waals surface area contributed by atoms with Crippen molar-refractivity contribution in [3.63, 3.8) is 0 Å². The Morgan fingerprint density at radius 1 is 1.12 bits per heavy atom. The van der Waals surface area contributed by atoms with E-state index in [1.165, 1.54) is 51.6 Å². The number of hydrogen-bond acceptors (Lipinski definition) is 2. The zero-order chi connectivity index (χ0) is 12.7. The van der Waals surface area contributed by atoms with Crippen molar-refractivity contribution in [1.82, 2.24) is 10.2 Å². The third-order valence-electron chi connectivity index (χ3n) is 4.30. The van der Waals surface area contributed by atoms with E-state index in [1.54, 1.807) is 0 Å². The first-order chi connectivity index (χ1) is 8.22. The summed E-state index contributed by atoms with van der Waals surface area (Å²) in [7, 11) is 2.31. The summed E-state index contributed by atoms with van der Waals surface area (Å²) in [5, 5.41) is 3.76. The van der Waals surface area contributed by atoms with Gasteiger partial charge >= 0.3 is 0 Å². The highest BCUT2D eigenvalue weighted by Crippen LogP contribution is 2.29. The molecule has 3 atom stereocenters. The molecule has 1 aliphatic rings. The van der Waals surface area contributed by atoms with Gasteiger partial charge in [0.25, 0.3) is 0 Å². The van der Waals surface area contributed by atoms with Crippen LogP contribution in [-0.4, -0.2) is 37.1 Å². The maximum Gasteiger partial charge on any atom is 0.0248 e. The highest BCUT2D eigenvalue weighted by molar-refractivity contribution is 4.89. The topological polar surface area (TPSA) is 15.3 Å². The van der Waals surface area contributed by atoms with Gasteiger partial charge in [0.2, 0.25) is 0 Å². The first-order valence-corrected chi connectivity index (χ1v) is 7.66. The number of hydrogen-bond donors (Lipinski definition) is 1. The molecule has 0 bridgehead atoms. The summed E-state index contributed by atoms with van der Waals surface area (Å²) < 4.78 is 0. The van der Waals surface area contributed by atoms with Crippen molar-refractivity contribution in [3.05, 3.63) is 0 Å². The average molecular weight is 240 g/mol. The molecular formula is C15H32N2. The predicted molar refractivity (Wildman–Crippen MR) is 76.4 cm³/mol. The summed E-state index contributed by atoms with van der Waals surface area (Å²) in [5.74, 6) is 0.957. The van der Waals surface area contributed by atoms with Gasteiger partial charge in [0, 0.05) is 12.1 Å². The first-order valence-electron chi connectivity index (χ1n) is 7.66. The molecule has 0 amide bonds. The van der Waals surface area contributed by atoms with Crippen LogP contribution in [0.5, 0.6) is 0 Å². The highest BCUT2D eigenvalue weighted by Gasteiger charge is 2.31. The maximum absolute atomic E-state index is 3.76. The molecule has 0 aromatic carbocycles. The molecule has 1 aliphatic carbocycles. The second kappa shape index (κ2) is 8.10. The number of nitrogens with zero attached hydrogens (tertiary/aromatic N) is 1. The minimum Gasteiger partial charge on any atom is -0.312 e. The van der Waals surface area contributed by atoms with Gasteiger partial charge in [0.05, 0.1) is 0 Å².